The number of anilines is 1. The molecular weight excluding hydrogens is 340 g/mol. The molecule has 0 aliphatic heterocycles. The Morgan fingerprint density at radius 3 is 2.68 bits per heavy atom. The van der Waals surface area contributed by atoms with Crippen molar-refractivity contribution in [3.63, 3.8) is 0 Å². The van der Waals surface area contributed by atoms with Gasteiger partial charge in [0, 0.05) is 17.2 Å². The number of hydrogen-bond acceptors (Lipinski definition) is 6. The monoisotopic (exact) mass is 354 g/mol. The number of halogens is 1. The molecule has 0 fully saturated rings. The minimum Gasteiger partial charge on any atom is -0.504 e. The Bertz CT molecular complexity index is 901. The second-order valence-corrected chi connectivity index (χ2v) is 5.42. The standard InChI is InChI=1S/C18H15ClN4O2/c1-25-14-9-5-8-13(17(14)24)11-20-23-16-10-15(19)21-18(22-16)12-6-3-2-4-7-12/h2-11,24H,1H3,(H,21,22,23)/b20-11-. The van der Waals surface area contributed by atoms with Crippen molar-refractivity contribution in [1.29, 1.82) is 0 Å². The van der Waals surface area contributed by atoms with Crippen molar-refractivity contribution >= 4 is 23.6 Å². The predicted molar refractivity (Wildman–Crippen MR) is 98.4 cm³/mol. The summed E-state index contributed by atoms with van der Waals surface area (Å²) in [7, 11) is 1.49. The van der Waals surface area contributed by atoms with Crippen LogP contribution >= 0.6 is 11.6 Å². The van der Waals surface area contributed by atoms with Crippen LogP contribution in [0.3, 0.4) is 0 Å². The van der Waals surface area contributed by atoms with Crippen LogP contribution in [0.1, 0.15) is 5.56 Å². The number of nitrogens with one attached hydrogen (secondary N) is 1. The van der Waals surface area contributed by atoms with E-state index in [2.05, 4.69) is 20.5 Å². The lowest BCUT2D eigenvalue weighted by molar-refractivity contribution is 0.373. The first-order valence-corrected chi connectivity index (χ1v) is 7.80. The van der Waals surface area contributed by atoms with Gasteiger partial charge in [-0.25, -0.2) is 9.97 Å². The van der Waals surface area contributed by atoms with E-state index in [-0.39, 0.29) is 5.75 Å². The number of aromatic nitrogens is 2. The zero-order chi connectivity index (χ0) is 17.6. The molecule has 6 nitrogen and oxygen atoms in total. The number of methoxy groups -OCH3 is 1. The molecule has 0 bridgehead atoms. The molecule has 2 aromatic carbocycles. The van der Waals surface area contributed by atoms with E-state index in [9.17, 15) is 5.11 Å². The first-order chi connectivity index (χ1) is 12.2. The van der Waals surface area contributed by atoms with Crippen molar-refractivity contribution in [2.45, 2.75) is 0 Å². The first kappa shape index (κ1) is 16.7. The second kappa shape index (κ2) is 7.63. The molecule has 0 aliphatic carbocycles. The third kappa shape index (κ3) is 4.05. The summed E-state index contributed by atoms with van der Waals surface area (Å²) in [6, 6.07) is 16.2. The fourth-order valence-corrected chi connectivity index (χ4v) is 2.35. The maximum absolute atomic E-state index is 10.0. The molecule has 0 radical (unpaired) electrons. The summed E-state index contributed by atoms with van der Waals surface area (Å²) in [5.41, 5.74) is 4.15. The van der Waals surface area contributed by atoms with Gasteiger partial charge in [0.25, 0.3) is 0 Å². The van der Waals surface area contributed by atoms with Crippen molar-refractivity contribution in [2.75, 3.05) is 12.5 Å². The highest BCUT2D eigenvalue weighted by Gasteiger charge is 2.06. The number of hydrazone groups is 1. The van der Waals surface area contributed by atoms with Crippen molar-refractivity contribution in [3.8, 4) is 22.9 Å². The molecule has 1 aromatic heterocycles. The lowest BCUT2D eigenvalue weighted by Gasteiger charge is -2.06. The van der Waals surface area contributed by atoms with E-state index in [1.54, 1.807) is 24.3 Å². The van der Waals surface area contributed by atoms with E-state index in [4.69, 9.17) is 16.3 Å². The van der Waals surface area contributed by atoms with Crippen LogP contribution in [0, 0.1) is 0 Å². The summed E-state index contributed by atoms with van der Waals surface area (Å²) in [4.78, 5) is 8.60. The highest BCUT2D eigenvalue weighted by atomic mass is 35.5. The minimum absolute atomic E-state index is 0.0150. The fraction of sp³-hybridized carbons (Fsp3) is 0.0556. The summed E-state index contributed by atoms with van der Waals surface area (Å²) in [5.74, 6) is 1.33. The third-order valence-electron chi connectivity index (χ3n) is 3.36. The molecule has 3 rings (SSSR count). The van der Waals surface area contributed by atoms with Gasteiger partial charge < -0.3 is 9.84 Å². The number of aromatic hydroxyl groups is 1. The van der Waals surface area contributed by atoms with Gasteiger partial charge in [0.05, 0.1) is 13.3 Å². The maximum Gasteiger partial charge on any atom is 0.166 e. The average molecular weight is 355 g/mol. The summed E-state index contributed by atoms with van der Waals surface area (Å²) in [6.07, 6.45) is 1.47. The van der Waals surface area contributed by atoms with Gasteiger partial charge in [-0.2, -0.15) is 5.10 Å². The highest BCUT2D eigenvalue weighted by molar-refractivity contribution is 6.29. The number of rotatable bonds is 5. The van der Waals surface area contributed by atoms with Crippen LogP contribution < -0.4 is 10.2 Å². The normalized spacial score (nSPS) is 10.8. The molecule has 0 amide bonds. The lowest BCUT2D eigenvalue weighted by atomic mass is 10.2. The number of hydrogen-bond donors (Lipinski definition) is 2. The SMILES string of the molecule is COc1cccc(/C=N\Nc2cc(Cl)nc(-c3ccccc3)n2)c1O. The van der Waals surface area contributed by atoms with E-state index >= 15 is 0 Å². The summed E-state index contributed by atoms with van der Waals surface area (Å²) in [6.45, 7) is 0. The van der Waals surface area contributed by atoms with Crippen LogP contribution in [0.4, 0.5) is 5.82 Å². The number of phenolic OH excluding ortho intramolecular Hbond substituents is 1. The molecule has 1 heterocycles. The van der Waals surface area contributed by atoms with Crippen LogP contribution in [0.5, 0.6) is 11.5 Å². The van der Waals surface area contributed by atoms with Crippen molar-refractivity contribution in [1.82, 2.24) is 9.97 Å². The van der Waals surface area contributed by atoms with Gasteiger partial charge in [-0.1, -0.05) is 48.0 Å². The zero-order valence-electron chi connectivity index (χ0n) is 13.3. The number of para-hydroxylation sites is 1. The summed E-state index contributed by atoms with van der Waals surface area (Å²) in [5, 5.41) is 14.4. The van der Waals surface area contributed by atoms with E-state index in [1.807, 2.05) is 30.3 Å². The summed E-state index contributed by atoms with van der Waals surface area (Å²) < 4.78 is 5.06. The second-order valence-electron chi connectivity index (χ2n) is 5.03. The maximum atomic E-state index is 10.0. The molecule has 0 saturated carbocycles. The first-order valence-electron chi connectivity index (χ1n) is 7.42. The smallest absolute Gasteiger partial charge is 0.166 e. The largest absolute Gasteiger partial charge is 0.504 e. The van der Waals surface area contributed by atoms with Crippen molar-refractivity contribution < 1.29 is 9.84 Å². The summed E-state index contributed by atoms with van der Waals surface area (Å²) >= 11 is 6.06. The van der Waals surface area contributed by atoms with Gasteiger partial charge in [-0.05, 0) is 12.1 Å². The number of phenols is 1. The molecule has 126 valence electrons. The van der Waals surface area contributed by atoms with E-state index in [0.717, 1.165) is 5.56 Å². The van der Waals surface area contributed by atoms with Gasteiger partial charge in [0.2, 0.25) is 0 Å². The molecule has 0 unspecified atom stereocenters. The fourth-order valence-electron chi connectivity index (χ4n) is 2.17. The Labute approximate surface area is 149 Å². The molecular formula is C18H15ClN4O2. The van der Waals surface area contributed by atoms with Crippen LogP contribution in [0.2, 0.25) is 5.15 Å². The van der Waals surface area contributed by atoms with Gasteiger partial charge in [0.1, 0.15) is 5.15 Å². The van der Waals surface area contributed by atoms with Crippen LogP contribution in [-0.4, -0.2) is 28.4 Å². The topological polar surface area (TPSA) is 79.6 Å². The Morgan fingerprint density at radius 1 is 1.12 bits per heavy atom. The molecule has 7 heteroatoms. The number of nitrogens with zero attached hydrogens (tertiary/aromatic N) is 3. The third-order valence-corrected chi connectivity index (χ3v) is 3.55. The van der Waals surface area contributed by atoms with Gasteiger partial charge in [-0.15, -0.1) is 0 Å². The molecule has 25 heavy (non-hydrogen) atoms. The lowest BCUT2D eigenvalue weighted by Crippen LogP contribution is -1.98. The average Bonchev–Trinajstić information content (AvgIpc) is 2.63. The predicted octanol–water partition coefficient (Wildman–Crippen LogP) is 3.96. The van der Waals surface area contributed by atoms with E-state index < -0.39 is 0 Å². The van der Waals surface area contributed by atoms with Crippen LogP contribution in [0.25, 0.3) is 11.4 Å². The Balaban J connectivity index is 1.81. The quantitative estimate of drug-likeness (QED) is 0.412. The van der Waals surface area contributed by atoms with Gasteiger partial charge >= 0.3 is 0 Å². The molecule has 0 saturated heterocycles. The molecule has 0 aliphatic rings. The highest BCUT2D eigenvalue weighted by Crippen LogP contribution is 2.28. The van der Waals surface area contributed by atoms with Crippen LogP contribution in [0.15, 0.2) is 59.7 Å². The van der Waals surface area contributed by atoms with Crippen molar-refractivity contribution in [2.24, 2.45) is 5.10 Å². The zero-order valence-corrected chi connectivity index (χ0v) is 14.1. The van der Waals surface area contributed by atoms with Gasteiger partial charge in [-0.3, -0.25) is 5.43 Å². The Morgan fingerprint density at radius 2 is 1.92 bits per heavy atom. The Kier molecular flexibility index (Phi) is 5.11. The van der Waals surface area contributed by atoms with Crippen LogP contribution in [-0.2, 0) is 0 Å². The molecule has 0 atom stereocenters. The molecule has 0 spiro atoms. The van der Waals surface area contributed by atoms with E-state index in [0.29, 0.717) is 28.1 Å². The van der Waals surface area contributed by atoms with Gasteiger partial charge in [0.15, 0.2) is 23.1 Å². The number of ether oxygens (including phenoxy) is 1. The molecule has 3 aromatic rings. The molecule has 2 N–H and O–H groups in total. The van der Waals surface area contributed by atoms with E-state index in [1.165, 1.54) is 13.3 Å². The minimum atomic E-state index is 0.0150. The van der Waals surface area contributed by atoms with Crippen molar-refractivity contribution in [3.05, 3.63) is 65.3 Å². The number of benzene rings is 2. The Hall–Kier alpha value is -3.12.